The van der Waals surface area contributed by atoms with Crippen molar-refractivity contribution >= 4 is 12.0 Å². The van der Waals surface area contributed by atoms with Gasteiger partial charge >= 0.3 is 6.09 Å². The standard InChI is InChI=1S/C18H22N6O3/c1-13-19-20-21-24(13)11-14-3-5-15(6-4-14)16(25)23-9-7-18(8-10-23)12-22(2)17(26)27-18/h3-6H,7-12H2,1-2H3. The zero-order valence-electron chi connectivity index (χ0n) is 15.5. The van der Waals surface area contributed by atoms with Crippen molar-refractivity contribution in [2.24, 2.45) is 0 Å². The summed E-state index contributed by atoms with van der Waals surface area (Å²) in [7, 11) is 1.74. The third kappa shape index (κ3) is 3.36. The fourth-order valence-electron chi connectivity index (χ4n) is 3.67. The Morgan fingerprint density at radius 2 is 1.93 bits per heavy atom. The van der Waals surface area contributed by atoms with Crippen LogP contribution in [0.2, 0.25) is 0 Å². The summed E-state index contributed by atoms with van der Waals surface area (Å²) in [5.74, 6) is 0.753. The van der Waals surface area contributed by atoms with Crippen LogP contribution in [0.25, 0.3) is 0 Å². The first kappa shape index (κ1) is 17.4. The minimum absolute atomic E-state index is 0.00711. The van der Waals surface area contributed by atoms with Gasteiger partial charge in [0.2, 0.25) is 0 Å². The molecular weight excluding hydrogens is 348 g/mol. The monoisotopic (exact) mass is 370 g/mol. The van der Waals surface area contributed by atoms with Crippen LogP contribution in [0.1, 0.15) is 34.6 Å². The van der Waals surface area contributed by atoms with E-state index in [1.54, 1.807) is 16.6 Å². The molecule has 2 saturated heterocycles. The van der Waals surface area contributed by atoms with Crippen molar-refractivity contribution in [3.8, 4) is 0 Å². The predicted molar refractivity (Wildman–Crippen MR) is 95.1 cm³/mol. The van der Waals surface area contributed by atoms with Gasteiger partial charge in [-0.2, -0.15) is 0 Å². The van der Waals surface area contributed by atoms with Crippen molar-refractivity contribution in [1.82, 2.24) is 30.0 Å². The lowest BCUT2D eigenvalue weighted by molar-refractivity contribution is 0.00317. The van der Waals surface area contributed by atoms with Crippen LogP contribution >= 0.6 is 0 Å². The molecule has 3 heterocycles. The Kier molecular flexibility index (Phi) is 4.29. The summed E-state index contributed by atoms with van der Waals surface area (Å²) in [5.41, 5.74) is 1.25. The molecule has 9 nitrogen and oxygen atoms in total. The highest BCUT2D eigenvalue weighted by molar-refractivity contribution is 5.94. The second-order valence-electron chi connectivity index (χ2n) is 7.28. The van der Waals surface area contributed by atoms with Crippen LogP contribution in [0.5, 0.6) is 0 Å². The fourth-order valence-corrected chi connectivity index (χ4v) is 3.67. The van der Waals surface area contributed by atoms with Gasteiger partial charge in [-0.25, -0.2) is 9.48 Å². The molecule has 9 heteroatoms. The molecule has 1 spiro atoms. The predicted octanol–water partition coefficient (Wildman–Crippen LogP) is 1.09. The Labute approximate surface area is 156 Å². The lowest BCUT2D eigenvalue weighted by atomic mass is 9.91. The van der Waals surface area contributed by atoms with Crippen molar-refractivity contribution < 1.29 is 14.3 Å². The van der Waals surface area contributed by atoms with Gasteiger partial charge in [-0.3, -0.25) is 4.79 Å². The molecule has 2 aliphatic heterocycles. The first-order valence-electron chi connectivity index (χ1n) is 9.01. The summed E-state index contributed by atoms with van der Waals surface area (Å²) >= 11 is 0. The van der Waals surface area contributed by atoms with Gasteiger partial charge in [0, 0.05) is 38.5 Å². The van der Waals surface area contributed by atoms with Gasteiger partial charge in [0.05, 0.1) is 13.1 Å². The van der Waals surface area contributed by atoms with E-state index >= 15 is 0 Å². The van der Waals surface area contributed by atoms with E-state index in [1.165, 1.54) is 0 Å². The Balaban J connectivity index is 1.37. The molecule has 0 aliphatic carbocycles. The van der Waals surface area contributed by atoms with Crippen LogP contribution in [-0.2, 0) is 11.3 Å². The molecule has 1 aromatic carbocycles. The van der Waals surface area contributed by atoms with Crippen molar-refractivity contribution in [2.75, 3.05) is 26.7 Å². The molecule has 0 bridgehead atoms. The molecule has 2 aromatic rings. The van der Waals surface area contributed by atoms with Gasteiger partial charge in [-0.05, 0) is 35.0 Å². The van der Waals surface area contributed by atoms with Crippen LogP contribution in [0.3, 0.4) is 0 Å². The van der Waals surface area contributed by atoms with E-state index in [2.05, 4.69) is 15.5 Å². The first-order chi connectivity index (χ1) is 13.0. The molecule has 0 N–H and O–H groups in total. The molecule has 0 atom stereocenters. The van der Waals surface area contributed by atoms with Gasteiger partial charge < -0.3 is 14.5 Å². The van der Waals surface area contributed by atoms with Crippen LogP contribution in [-0.4, -0.2) is 74.3 Å². The number of nitrogens with zero attached hydrogens (tertiary/aromatic N) is 6. The maximum Gasteiger partial charge on any atom is 0.410 e. The quantitative estimate of drug-likeness (QED) is 0.803. The summed E-state index contributed by atoms with van der Waals surface area (Å²) < 4.78 is 7.25. The van der Waals surface area contributed by atoms with Crippen molar-refractivity contribution in [3.05, 3.63) is 41.2 Å². The van der Waals surface area contributed by atoms with E-state index in [1.807, 2.05) is 36.1 Å². The molecule has 0 saturated carbocycles. The number of hydrogen-bond acceptors (Lipinski definition) is 6. The second-order valence-corrected chi connectivity index (χ2v) is 7.28. The molecule has 2 fully saturated rings. The van der Waals surface area contributed by atoms with Crippen molar-refractivity contribution in [1.29, 1.82) is 0 Å². The summed E-state index contributed by atoms with van der Waals surface area (Å²) in [5, 5.41) is 11.4. The van der Waals surface area contributed by atoms with E-state index in [9.17, 15) is 9.59 Å². The molecule has 142 valence electrons. The van der Waals surface area contributed by atoms with E-state index in [-0.39, 0.29) is 12.0 Å². The molecule has 4 rings (SSSR count). The van der Waals surface area contributed by atoms with Crippen molar-refractivity contribution in [3.63, 3.8) is 0 Å². The maximum atomic E-state index is 12.8. The van der Waals surface area contributed by atoms with E-state index < -0.39 is 5.60 Å². The summed E-state index contributed by atoms with van der Waals surface area (Å²) in [6, 6.07) is 7.53. The fraction of sp³-hybridized carbons (Fsp3) is 0.500. The molecule has 2 amide bonds. The average Bonchev–Trinajstić information content (AvgIpc) is 3.18. The third-order valence-corrected chi connectivity index (χ3v) is 5.35. The molecular formula is C18H22N6O3. The minimum atomic E-state index is -0.434. The van der Waals surface area contributed by atoms with Gasteiger partial charge in [0.1, 0.15) is 11.4 Å². The smallest absolute Gasteiger partial charge is 0.410 e. The number of benzene rings is 1. The Morgan fingerprint density at radius 3 is 2.48 bits per heavy atom. The van der Waals surface area contributed by atoms with E-state index in [0.717, 1.165) is 11.4 Å². The normalized spacial score (nSPS) is 18.8. The van der Waals surface area contributed by atoms with Gasteiger partial charge in [-0.15, -0.1) is 5.10 Å². The maximum absolute atomic E-state index is 12.8. The lowest BCUT2D eigenvalue weighted by Gasteiger charge is -2.37. The van der Waals surface area contributed by atoms with E-state index in [4.69, 9.17) is 4.74 Å². The number of amides is 2. The number of likely N-dealkylation sites (tertiary alicyclic amines) is 1. The topological polar surface area (TPSA) is 93.5 Å². The number of likely N-dealkylation sites (N-methyl/N-ethyl adjacent to an activating group) is 1. The highest BCUT2D eigenvalue weighted by atomic mass is 16.6. The number of carbonyl (C=O) groups excluding carboxylic acids is 2. The Bertz CT molecular complexity index is 854. The zero-order chi connectivity index (χ0) is 19.0. The highest BCUT2D eigenvalue weighted by Crippen LogP contribution is 2.32. The largest absolute Gasteiger partial charge is 0.441 e. The number of aromatic nitrogens is 4. The minimum Gasteiger partial charge on any atom is -0.441 e. The first-order valence-corrected chi connectivity index (χ1v) is 9.01. The number of tetrazole rings is 1. The van der Waals surface area contributed by atoms with Crippen LogP contribution in [0.15, 0.2) is 24.3 Å². The molecule has 1 aromatic heterocycles. The lowest BCUT2D eigenvalue weighted by Crippen LogP contribution is -2.48. The average molecular weight is 370 g/mol. The Morgan fingerprint density at radius 1 is 1.22 bits per heavy atom. The number of aryl methyl sites for hydroxylation is 1. The van der Waals surface area contributed by atoms with Gasteiger partial charge in [-0.1, -0.05) is 12.1 Å². The number of piperidine rings is 1. The van der Waals surface area contributed by atoms with Crippen LogP contribution < -0.4 is 0 Å². The molecule has 2 aliphatic rings. The highest BCUT2D eigenvalue weighted by Gasteiger charge is 2.46. The SMILES string of the molecule is Cc1nnnn1Cc1ccc(C(=O)N2CCC3(CC2)CN(C)C(=O)O3)cc1. The van der Waals surface area contributed by atoms with Crippen LogP contribution in [0, 0.1) is 6.92 Å². The number of rotatable bonds is 3. The van der Waals surface area contributed by atoms with Crippen molar-refractivity contribution in [2.45, 2.75) is 31.9 Å². The third-order valence-electron chi connectivity index (χ3n) is 5.35. The summed E-state index contributed by atoms with van der Waals surface area (Å²) in [6.07, 6.45) is 1.07. The van der Waals surface area contributed by atoms with Crippen LogP contribution in [0.4, 0.5) is 4.79 Å². The molecule has 27 heavy (non-hydrogen) atoms. The summed E-state index contributed by atoms with van der Waals surface area (Å²) in [4.78, 5) is 27.9. The van der Waals surface area contributed by atoms with E-state index in [0.29, 0.717) is 44.6 Å². The molecule has 0 unspecified atom stereocenters. The number of carbonyl (C=O) groups is 2. The van der Waals surface area contributed by atoms with Gasteiger partial charge in [0.15, 0.2) is 0 Å². The zero-order valence-corrected chi connectivity index (χ0v) is 15.5. The number of hydrogen-bond donors (Lipinski definition) is 0. The number of ether oxygens (including phenoxy) is 1. The molecule has 0 radical (unpaired) electrons. The van der Waals surface area contributed by atoms with Gasteiger partial charge in [0.25, 0.3) is 5.91 Å². The Hall–Kier alpha value is -2.97. The second kappa shape index (κ2) is 6.64. The summed E-state index contributed by atoms with van der Waals surface area (Å²) in [6.45, 7) is 4.19.